The highest BCUT2D eigenvalue weighted by Gasteiger charge is 2.23. The number of nitrogens with zero attached hydrogens (tertiary/aromatic N) is 3. The average molecular weight is 367 g/mol. The van der Waals surface area contributed by atoms with Crippen LogP contribution in [0.15, 0.2) is 36.4 Å². The summed E-state index contributed by atoms with van der Waals surface area (Å²) in [5.74, 6) is -0.306. The quantitative estimate of drug-likeness (QED) is 0.714. The number of carboxylic acid groups (broad SMARTS) is 1. The van der Waals surface area contributed by atoms with E-state index in [9.17, 15) is 9.90 Å². The lowest BCUT2D eigenvalue weighted by molar-refractivity contribution is -0.139. The number of rotatable bonds is 5. The summed E-state index contributed by atoms with van der Waals surface area (Å²) in [7, 11) is 0. The summed E-state index contributed by atoms with van der Waals surface area (Å²) < 4.78 is 5.41. The summed E-state index contributed by atoms with van der Waals surface area (Å²) >= 11 is 0. The second-order valence-corrected chi connectivity index (χ2v) is 6.88. The molecule has 1 heterocycles. The lowest BCUT2D eigenvalue weighted by Gasteiger charge is -2.24. The first-order valence-electron chi connectivity index (χ1n) is 9.16. The highest BCUT2D eigenvalue weighted by molar-refractivity contribution is 5.74. The van der Waals surface area contributed by atoms with E-state index in [1.54, 1.807) is 12.1 Å². The molecular formula is C20H21N3O4. The second kappa shape index (κ2) is 7.26. The first-order valence-corrected chi connectivity index (χ1v) is 9.16. The fourth-order valence-corrected chi connectivity index (χ4v) is 3.69. The zero-order chi connectivity index (χ0) is 18.8. The molecule has 0 atom stereocenters. The van der Waals surface area contributed by atoms with Gasteiger partial charge in [0.15, 0.2) is 6.61 Å². The number of aliphatic carboxylic acids is 1. The summed E-state index contributed by atoms with van der Waals surface area (Å²) in [5.41, 5.74) is 2.60. The number of benzene rings is 2. The summed E-state index contributed by atoms with van der Waals surface area (Å²) in [6.45, 7) is -0.442. The third-order valence-electron chi connectivity index (χ3n) is 5.00. The molecule has 0 unspecified atom stereocenters. The van der Waals surface area contributed by atoms with Gasteiger partial charge in [0, 0.05) is 11.6 Å². The van der Waals surface area contributed by atoms with E-state index in [4.69, 9.17) is 9.84 Å². The van der Waals surface area contributed by atoms with Crippen LogP contribution in [0.3, 0.4) is 0 Å². The van der Waals surface area contributed by atoms with Crippen molar-refractivity contribution in [2.24, 2.45) is 0 Å². The van der Waals surface area contributed by atoms with Gasteiger partial charge in [-0.15, -0.1) is 15.0 Å². The number of phenolic OH excluding ortho intramolecular Hbond substituents is 1. The van der Waals surface area contributed by atoms with Crippen molar-refractivity contribution in [1.82, 2.24) is 15.0 Å². The molecule has 140 valence electrons. The number of phenols is 1. The van der Waals surface area contributed by atoms with Gasteiger partial charge in [0.1, 0.15) is 28.2 Å². The maximum atomic E-state index is 10.9. The van der Waals surface area contributed by atoms with Gasteiger partial charge in [0.25, 0.3) is 0 Å². The summed E-state index contributed by atoms with van der Waals surface area (Å²) in [6, 6.07) is 10.8. The number of ether oxygens (including phenoxy) is 1. The maximum Gasteiger partial charge on any atom is 0.341 e. The zero-order valence-corrected chi connectivity index (χ0v) is 14.8. The summed E-state index contributed by atoms with van der Waals surface area (Å²) in [5, 5.41) is 28.8. The highest BCUT2D eigenvalue weighted by Crippen LogP contribution is 2.41. The topological polar surface area (TPSA) is 97.5 Å². The van der Waals surface area contributed by atoms with E-state index in [2.05, 4.69) is 10.2 Å². The highest BCUT2D eigenvalue weighted by atomic mass is 16.5. The van der Waals surface area contributed by atoms with Crippen LogP contribution < -0.4 is 4.74 Å². The number of carbonyl (C=O) groups is 1. The van der Waals surface area contributed by atoms with E-state index in [1.165, 1.54) is 11.2 Å². The van der Waals surface area contributed by atoms with Gasteiger partial charge in [0.05, 0.1) is 0 Å². The zero-order valence-electron chi connectivity index (χ0n) is 14.8. The molecule has 2 N–H and O–H groups in total. The van der Waals surface area contributed by atoms with Crippen LogP contribution in [-0.2, 0) is 4.79 Å². The van der Waals surface area contributed by atoms with Gasteiger partial charge in [0.2, 0.25) is 0 Å². The van der Waals surface area contributed by atoms with Gasteiger partial charge < -0.3 is 14.9 Å². The minimum atomic E-state index is -1.05. The van der Waals surface area contributed by atoms with E-state index >= 15 is 0 Å². The van der Waals surface area contributed by atoms with Crippen molar-refractivity contribution in [2.75, 3.05) is 6.61 Å². The number of hydrogen-bond acceptors (Lipinski definition) is 5. The van der Waals surface area contributed by atoms with Crippen LogP contribution in [-0.4, -0.2) is 37.8 Å². The molecule has 0 radical (unpaired) electrons. The SMILES string of the molecule is O=C(O)COc1cc(C2CCCCC2)c(O)c(-n2nc3ccccc3n2)c1. The molecule has 27 heavy (non-hydrogen) atoms. The normalized spacial score (nSPS) is 15.1. The Labute approximate surface area is 156 Å². The van der Waals surface area contributed by atoms with Crippen molar-refractivity contribution in [3.63, 3.8) is 0 Å². The Morgan fingerprint density at radius 1 is 1.11 bits per heavy atom. The number of aromatic hydroxyl groups is 1. The van der Waals surface area contributed by atoms with E-state index in [0.717, 1.165) is 31.2 Å². The minimum absolute atomic E-state index is 0.130. The van der Waals surface area contributed by atoms with Crippen molar-refractivity contribution < 1.29 is 19.7 Å². The van der Waals surface area contributed by atoms with E-state index < -0.39 is 12.6 Å². The average Bonchev–Trinajstić information content (AvgIpc) is 3.11. The molecule has 1 aliphatic rings. The number of carboxylic acids is 1. The lowest BCUT2D eigenvalue weighted by atomic mass is 9.83. The van der Waals surface area contributed by atoms with E-state index in [1.807, 2.05) is 24.3 Å². The Balaban J connectivity index is 1.80. The Bertz CT molecular complexity index is 944. The van der Waals surface area contributed by atoms with Gasteiger partial charge in [-0.1, -0.05) is 31.4 Å². The van der Waals surface area contributed by atoms with Gasteiger partial charge in [-0.3, -0.25) is 0 Å². The van der Waals surface area contributed by atoms with Gasteiger partial charge >= 0.3 is 5.97 Å². The lowest BCUT2D eigenvalue weighted by Crippen LogP contribution is -2.12. The number of hydrogen-bond donors (Lipinski definition) is 2. The predicted molar refractivity (Wildman–Crippen MR) is 99.5 cm³/mol. The van der Waals surface area contributed by atoms with Gasteiger partial charge in [-0.05, 0) is 37.0 Å². The molecular weight excluding hydrogens is 346 g/mol. The van der Waals surface area contributed by atoms with E-state index in [0.29, 0.717) is 22.5 Å². The molecule has 7 heteroatoms. The van der Waals surface area contributed by atoms with Crippen molar-refractivity contribution in [3.05, 3.63) is 42.0 Å². The predicted octanol–water partition coefficient (Wildman–Crippen LogP) is 3.64. The molecule has 1 aromatic heterocycles. The molecule has 0 spiro atoms. The standard InChI is InChI=1S/C20H21N3O4/c24-19(25)12-27-14-10-15(13-6-2-1-3-7-13)20(26)18(11-14)23-21-16-8-4-5-9-17(16)22-23/h4-5,8-11,13,26H,1-3,6-7,12H2,(H,24,25). The summed E-state index contributed by atoms with van der Waals surface area (Å²) in [6.07, 6.45) is 5.41. The fraction of sp³-hybridized carbons (Fsp3) is 0.350. The van der Waals surface area contributed by atoms with Crippen LogP contribution in [0.5, 0.6) is 11.5 Å². The molecule has 1 saturated carbocycles. The van der Waals surface area contributed by atoms with Crippen LogP contribution >= 0.6 is 0 Å². The minimum Gasteiger partial charge on any atom is -0.505 e. The summed E-state index contributed by atoms with van der Waals surface area (Å²) in [4.78, 5) is 12.3. The first-order chi connectivity index (χ1) is 13.1. The largest absolute Gasteiger partial charge is 0.505 e. The molecule has 1 aliphatic carbocycles. The molecule has 0 amide bonds. The van der Waals surface area contributed by atoms with Gasteiger partial charge in [-0.25, -0.2) is 4.79 Å². The third kappa shape index (κ3) is 3.58. The maximum absolute atomic E-state index is 10.9. The first kappa shape index (κ1) is 17.3. The third-order valence-corrected chi connectivity index (χ3v) is 5.00. The Morgan fingerprint density at radius 2 is 1.78 bits per heavy atom. The second-order valence-electron chi connectivity index (χ2n) is 6.88. The number of fused-ring (bicyclic) bond motifs is 1. The van der Waals surface area contributed by atoms with E-state index in [-0.39, 0.29) is 11.7 Å². The molecule has 1 fully saturated rings. The Hall–Kier alpha value is -3.09. The molecule has 4 rings (SSSR count). The van der Waals surface area contributed by atoms with Crippen molar-refractivity contribution in [1.29, 1.82) is 0 Å². The van der Waals surface area contributed by atoms with Gasteiger partial charge in [-0.2, -0.15) is 0 Å². The van der Waals surface area contributed by atoms with Crippen LogP contribution in [0.2, 0.25) is 0 Å². The molecule has 0 aliphatic heterocycles. The Kier molecular flexibility index (Phi) is 4.66. The van der Waals surface area contributed by atoms with Crippen molar-refractivity contribution in [2.45, 2.75) is 38.0 Å². The molecule has 7 nitrogen and oxygen atoms in total. The Morgan fingerprint density at radius 3 is 2.41 bits per heavy atom. The smallest absolute Gasteiger partial charge is 0.341 e. The van der Waals surface area contributed by atoms with Crippen LogP contribution in [0, 0.1) is 0 Å². The number of aromatic nitrogens is 3. The molecule has 0 saturated heterocycles. The molecule has 2 aromatic carbocycles. The molecule has 0 bridgehead atoms. The fourth-order valence-electron chi connectivity index (χ4n) is 3.69. The van der Waals surface area contributed by atoms with Crippen molar-refractivity contribution in [3.8, 4) is 17.2 Å². The van der Waals surface area contributed by atoms with Crippen LogP contribution in [0.1, 0.15) is 43.6 Å². The monoisotopic (exact) mass is 367 g/mol. The van der Waals surface area contributed by atoms with Crippen LogP contribution in [0.25, 0.3) is 16.7 Å². The molecule has 3 aromatic rings. The van der Waals surface area contributed by atoms with Crippen LogP contribution in [0.4, 0.5) is 0 Å². The van der Waals surface area contributed by atoms with Crippen molar-refractivity contribution >= 4 is 17.0 Å².